The highest BCUT2D eigenvalue weighted by Crippen LogP contribution is 2.46. The number of nitrogens with zero attached hydrogens (tertiary/aromatic N) is 4. The molecule has 5 nitrogen and oxygen atoms in total. The first kappa shape index (κ1) is 19.9. The first-order valence-electron chi connectivity index (χ1n) is 9.84. The number of hydrogen-bond donors (Lipinski definition) is 1. The standard InChI is InChI=1S/C20H31N5.HI/c1-15-4-3-7-22-18(15)14-23-20(21-2)25-10-8-24(9-11-25)19-13-16-5-6-17(19)12-16;/h3-4,7,16-17,19H,5-6,8-14H2,1-2H3,(H,21,23);1H. The molecule has 2 aliphatic carbocycles. The van der Waals surface area contributed by atoms with E-state index in [-0.39, 0.29) is 24.0 Å². The Kier molecular flexibility index (Phi) is 6.77. The third-order valence-electron chi connectivity index (χ3n) is 6.53. The van der Waals surface area contributed by atoms with E-state index in [1.165, 1.54) is 44.3 Å². The van der Waals surface area contributed by atoms with Crippen molar-refractivity contribution in [2.45, 2.75) is 45.2 Å². The van der Waals surface area contributed by atoms with Crippen molar-refractivity contribution in [2.75, 3.05) is 33.2 Å². The number of nitrogens with one attached hydrogen (secondary N) is 1. The Labute approximate surface area is 174 Å². The average molecular weight is 469 g/mol. The summed E-state index contributed by atoms with van der Waals surface area (Å²) in [7, 11) is 1.88. The van der Waals surface area contributed by atoms with Gasteiger partial charge in [0.25, 0.3) is 0 Å². The van der Waals surface area contributed by atoms with Gasteiger partial charge in [0.2, 0.25) is 0 Å². The fraction of sp³-hybridized carbons (Fsp3) is 0.700. The van der Waals surface area contributed by atoms with Crippen molar-refractivity contribution in [3.63, 3.8) is 0 Å². The summed E-state index contributed by atoms with van der Waals surface area (Å²) in [6.45, 7) is 7.37. The number of aryl methyl sites for hydroxylation is 1. The Morgan fingerprint density at radius 3 is 2.65 bits per heavy atom. The smallest absolute Gasteiger partial charge is 0.194 e. The van der Waals surface area contributed by atoms with Crippen LogP contribution in [0.3, 0.4) is 0 Å². The van der Waals surface area contributed by atoms with Gasteiger partial charge in [-0.15, -0.1) is 24.0 Å². The predicted octanol–water partition coefficient (Wildman–Crippen LogP) is 2.89. The number of hydrogen-bond acceptors (Lipinski definition) is 3. The largest absolute Gasteiger partial charge is 0.351 e. The predicted molar refractivity (Wildman–Crippen MR) is 117 cm³/mol. The van der Waals surface area contributed by atoms with Gasteiger partial charge in [0.05, 0.1) is 12.2 Å². The highest BCUT2D eigenvalue weighted by molar-refractivity contribution is 14.0. The molecular formula is C20H32IN5. The molecule has 1 N–H and O–H groups in total. The minimum Gasteiger partial charge on any atom is -0.351 e. The van der Waals surface area contributed by atoms with E-state index >= 15 is 0 Å². The number of fused-ring (bicyclic) bond motifs is 2. The molecule has 0 radical (unpaired) electrons. The molecule has 3 unspecified atom stereocenters. The van der Waals surface area contributed by atoms with Gasteiger partial charge in [-0.3, -0.25) is 14.9 Å². The number of piperazine rings is 1. The molecule has 3 aliphatic rings. The average Bonchev–Trinajstić information content (AvgIpc) is 3.28. The lowest BCUT2D eigenvalue weighted by Gasteiger charge is -2.41. The van der Waals surface area contributed by atoms with Crippen molar-refractivity contribution >= 4 is 29.9 Å². The van der Waals surface area contributed by atoms with E-state index in [1.807, 2.05) is 19.3 Å². The molecule has 3 atom stereocenters. The first-order chi connectivity index (χ1) is 12.2. The molecule has 3 fully saturated rings. The normalized spacial score (nSPS) is 28.9. The van der Waals surface area contributed by atoms with E-state index in [0.29, 0.717) is 0 Å². The first-order valence-corrected chi connectivity index (χ1v) is 9.84. The van der Waals surface area contributed by atoms with Crippen molar-refractivity contribution in [3.05, 3.63) is 29.6 Å². The summed E-state index contributed by atoms with van der Waals surface area (Å²) in [4.78, 5) is 14.1. The summed E-state index contributed by atoms with van der Waals surface area (Å²) in [5.41, 5.74) is 2.33. The van der Waals surface area contributed by atoms with E-state index < -0.39 is 0 Å². The highest BCUT2D eigenvalue weighted by atomic mass is 127. The van der Waals surface area contributed by atoms with Crippen LogP contribution in [0.15, 0.2) is 23.3 Å². The topological polar surface area (TPSA) is 43.8 Å². The summed E-state index contributed by atoms with van der Waals surface area (Å²) >= 11 is 0. The molecule has 0 aromatic carbocycles. The molecule has 1 aliphatic heterocycles. The Balaban J connectivity index is 0.00000196. The minimum absolute atomic E-state index is 0. The summed E-state index contributed by atoms with van der Waals surface area (Å²) in [6.07, 6.45) is 7.78. The van der Waals surface area contributed by atoms with Crippen molar-refractivity contribution in [1.29, 1.82) is 0 Å². The van der Waals surface area contributed by atoms with Gasteiger partial charge in [0.15, 0.2) is 5.96 Å². The zero-order valence-corrected chi connectivity index (χ0v) is 18.4. The van der Waals surface area contributed by atoms with Gasteiger partial charge in [0.1, 0.15) is 0 Å². The van der Waals surface area contributed by atoms with Gasteiger partial charge in [-0.25, -0.2) is 0 Å². The van der Waals surface area contributed by atoms with Gasteiger partial charge < -0.3 is 10.2 Å². The van der Waals surface area contributed by atoms with Crippen molar-refractivity contribution in [1.82, 2.24) is 20.1 Å². The van der Waals surface area contributed by atoms with E-state index in [9.17, 15) is 0 Å². The van der Waals surface area contributed by atoms with Crippen molar-refractivity contribution < 1.29 is 0 Å². The van der Waals surface area contributed by atoms with Gasteiger partial charge in [0, 0.05) is 45.5 Å². The minimum atomic E-state index is 0. The second-order valence-electron chi connectivity index (χ2n) is 7.93. The second kappa shape index (κ2) is 8.87. The molecule has 1 aromatic heterocycles. The molecule has 2 saturated carbocycles. The van der Waals surface area contributed by atoms with Crippen LogP contribution >= 0.6 is 24.0 Å². The van der Waals surface area contributed by atoms with Crippen LogP contribution in [-0.2, 0) is 6.54 Å². The molecule has 4 rings (SSSR count). The van der Waals surface area contributed by atoms with Gasteiger partial charge >= 0.3 is 0 Å². The lowest BCUT2D eigenvalue weighted by Crippen LogP contribution is -2.55. The number of aromatic nitrogens is 1. The number of halogens is 1. The summed E-state index contributed by atoms with van der Waals surface area (Å²) < 4.78 is 0. The van der Waals surface area contributed by atoms with E-state index in [0.717, 1.165) is 49.2 Å². The number of aliphatic imine (C=N–C) groups is 1. The van der Waals surface area contributed by atoms with Crippen LogP contribution in [0, 0.1) is 18.8 Å². The molecular weight excluding hydrogens is 437 g/mol. The molecule has 6 heteroatoms. The second-order valence-corrected chi connectivity index (χ2v) is 7.93. The third kappa shape index (κ3) is 4.16. The van der Waals surface area contributed by atoms with Crippen LogP contribution in [0.4, 0.5) is 0 Å². The van der Waals surface area contributed by atoms with Crippen molar-refractivity contribution in [3.8, 4) is 0 Å². The van der Waals surface area contributed by atoms with Gasteiger partial charge in [-0.2, -0.15) is 0 Å². The van der Waals surface area contributed by atoms with Crippen LogP contribution in [0.2, 0.25) is 0 Å². The number of rotatable bonds is 3. The molecule has 1 saturated heterocycles. The molecule has 0 amide bonds. The Hall–Kier alpha value is -0.890. The zero-order valence-electron chi connectivity index (χ0n) is 16.0. The SMILES string of the molecule is CN=C(NCc1ncccc1C)N1CCN(C2CC3CCC2C3)CC1.I. The maximum Gasteiger partial charge on any atom is 0.194 e. The zero-order chi connectivity index (χ0) is 17.2. The third-order valence-corrected chi connectivity index (χ3v) is 6.53. The Bertz CT molecular complexity index is 626. The lowest BCUT2D eigenvalue weighted by atomic mass is 9.93. The van der Waals surface area contributed by atoms with E-state index in [1.54, 1.807) is 0 Å². The number of pyridine rings is 1. The summed E-state index contributed by atoms with van der Waals surface area (Å²) in [5.74, 6) is 3.03. The summed E-state index contributed by atoms with van der Waals surface area (Å²) in [5, 5.41) is 3.50. The lowest BCUT2D eigenvalue weighted by molar-refractivity contribution is 0.0958. The van der Waals surface area contributed by atoms with Gasteiger partial charge in [-0.05, 0) is 49.7 Å². The maximum absolute atomic E-state index is 4.50. The molecule has 144 valence electrons. The van der Waals surface area contributed by atoms with E-state index in [2.05, 4.69) is 38.1 Å². The Morgan fingerprint density at radius 2 is 2.04 bits per heavy atom. The quantitative estimate of drug-likeness (QED) is 0.420. The highest BCUT2D eigenvalue weighted by Gasteiger charge is 2.42. The molecule has 0 spiro atoms. The fourth-order valence-electron chi connectivity index (χ4n) is 5.12. The molecule has 2 heterocycles. The molecule has 26 heavy (non-hydrogen) atoms. The van der Waals surface area contributed by atoms with Crippen LogP contribution in [0.25, 0.3) is 0 Å². The van der Waals surface area contributed by atoms with E-state index in [4.69, 9.17) is 0 Å². The van der Waals surface area contributed by atoms with Gasteiger partial charge in [-0.1, -0.05) is 12.5 Å². The Morgan fingerprint density at radius 1 is 1.23 bits per heavy atom. The fourth-order valence-corrected chi connectivity index (χ4v) is 5.12. The van der Waals surface area contributed by atoms with Crippen molar-refractivity contribution in [2.24, 2.45) is 16.8 Å². The van der Waals surface area contributed by atoms with Crippen LogP contribution in [0.1, 0.15) is 36.9 Å². The maximum atomic E-state index is 4.50. The molecule has 1 aromatic rings. The van der Waals surface area contributed by atoms with Crippen LogP contribution in [0.5, 0.6) is 0 Å². The van der Waals surface area contributed by atoms with Crippen LogP contribution in [-0.4, -0.2) is 60.0 Å². The molecule has 2 bridgehead atoms. The number of guanidine groups is 1. The summed E-state index contributed by atoms with van der Waals surface area (Å²) in [6, 6.07) is 4.97. The van der Waals surface area contributed by atoms with Crippen LogP contribution < -0.4 is 5.32 Å². The monoisotopic (exact) mass is 469 g/mol.